The van der Waals surface area contributed by atoms with E-state index in [2.05, 4.69) is 11.9 Å². The summed E-state index contributed by atoms with van der Waals surface area (Å²) in [6.45, 7) is 2.10. The largest absolute Gasteiger partial charge is 0.244 e. The van der Waals surface area contributed by atoms with Crippen molar-refractivity contribution >= 4 is 22.9 Å². The maximum Gasteiger partial charge on any atom is 0.117 e. The minimum absolute atomic E-state index is 0.318. The molecule has 1 heterocycles. The molecular weight excluding hydrogens is 192 g/mol. The van der Waals surface area contributed by atoms with Gasteiger partial charge in [-0.1, -0.05) is 18.5 Å². The maximum atomic E-state index is 8.44. The Labute approximate surface area is 80.8 Å². The summed E-state index contributed by atoms with van der Waals surface area (Å²) in [6.07, 6.45) is 2.34. The van der Waals surface area contributed by atoms with Crippen LogP contribution in [0.4, 0.5) is 0 Å². The number of hydrogen-bond acceptors (Lipinski definition) is 3. The smallest absolute Gasteiger partial charge is 0.117 e. The van der Waals surface area contributed by atoms with Crippen LogP contribution < -0.4 is 0 Å². The predicted octanol–water partition coefficient (Wildman–Crippen LogP) is 2.82. The highest BCUT2D eigenvalue weighted by molar-refractivity contribution is 7.16. The Balaban J connectivity index is 2.79. The molecule has 0 N–H and O–H groups in total. The van der Waals surface area contributed by atoms with Crippen molar-refractivity contribution in [3.63, 3.8) is 0 Å². The molecule has 0 radical (unpaired) electrons. The van der Waals surface area contributed by atoms with Crippen LogP contribution in [0.25, 0.3) is 0 Å². The minimum Gasteiger partial charge on any atom is -0.244 e. The van der Waals surface area contributed by atoms with E-state index in [4.69, 9.17) is 16.9 Å². The number of aromatic nitrogens is 1. The third kappa shape index (κ3) is 2.20. The van der Waals surface area contributed by atoms with Crippen molar-refractivity contribution in [2.24, 2.45) is 0 Å². The molecule has 1 aromatic rings. The van der Waals surface area contributed by atoms with Gasteiger partial charge in [0.05, 0.1) is 23.2 Å². The molecule has 0 bridgehead atoms. The lowest BCUT2D eigenvalue weighted by Gasteiger charge is -1.86. The topological polar surface area (TPSA) is 36.7 Å². The molecule has 1 aromatic heterocycles. The number of hydrogen-bond donors (Lipinski definition) is 0. The zero-order chi connectivity index (χ0) is 8.97. The molecule has 0 aromatic carbocycles. The van der Waals surface area contributed by atoms with Crippen molar-refractivity contribution in [3.05, 3.63) is 15.0 Å². The highest BCUT2D eigenvalue weighted by Gasteiger charge is 2.07. The van der Waals surface area contributed by atoms with E-state index in [0.29, 0.717) is 10.8 Å². The molecule has 0 saturated carbocycles. The second kappa shape index (κ2) is 4.44. The summed E-state index contributed by atoms with van der Waals surface area (Å²) in [5.74, 6) is 0. The number of rotatable bonds is 3. The first-order valence-corrected chi connectivity index (χ1v) is 4.98. The Kier molecular flexibility index (Phi) is 3.51. The molecule has 0 amide bonds. The average Bonchev–Trinajstić information content (AvgIpc) is 2.34. The number of thiazole rings is 1. The van der Waals surface area contributed by atoms with Gasteiger partial charge in [-0.2, -0.15) is 5.26 Å². The Morgan fingerprint density at radius 3 is 3.00 bits per heavy atom. The van der Waals surface area contributed by atoms with Crippen molar-refractivity contribution in [1.82, 2.24) is 4.98 Å². The summed E-state index contributed by atoms with van der Waals surface area (Å²) < 4.78 is 0.667. The van der Waals surface area contributed by atoms with Gasteiger partial charge in [-0.25, -0.2) is 4.98 Å². The van der Waals surface area contributed by atoms with Gasteiger partial charge in [0.25, 0.3) is 0 Å². The van der Waals surface area contributed by atoms with Crippen LogP contribution in [0, 0.1) is 11.3 Å². The zero-order valence-electron chi connectivity index (χ0n) is 6.80. The maximum absolute atomic E-state index is 8.44. The highest BCUT2D eigenvalue weighted by atomic mass is 35.5. The number of nitrogens with zero attached hydrogens (tertiary/aromatic N) is 2. The van der Waals surface area contributed by atoms with E-state index in [1.54, 1.807) is 0 Å². The monoisotopic (exact) mass is 200 g/mol. The van der Waals surface area contributed by atoms with E-state index >= 15 is 0 Å². The third-order valence-corrected chi connectivity index (χ3v) is 2.80. The molecule has 12 heavy (non-hydrogen) atoms. The zero-order valence-corrected chi connectivity index (χ0v) is 8.37. The summed E-state index contributed by atoms with van der Waals surface area (Å²) in [4.78, 5) is 4.25. The highest BCUT2D eigenvalue weighted by Crippen LogP contribution is 2.25. The van der Waals surface area contributed by atoms with E-state index in [0.717, 1.165) is 23.5 Å². The first-order chi connectivity index (χ1) is 5.77. The van der Waals surface area contributed by atoms with Gasteiger partial charge in [-0.15, -0.1) is 11.3 Å². The van der Waals surface area contributed by atoms with Gasteiger partial charge in [0.2, 0.25) is 0 Å². The first-order valence-electron chi connectivity index (χ1n) is 3.79. The molecule has 0 fully saturated rings. The molecule has 0 atom stereocenters. The van der Waals surface area contributed by atoms with E-state index in [-0.39, 0.29) is 0 Å². The van der Waals surface area contributed by atoms with Crippen molar-refractivity contribution in [3.8, 4) is 6.07 Å². The van der Waals surface area contributed by atoms with Crippen LogP contribution in [0.3, 0.4) is 0 Å². The van der Waals surface area contributed by atoms with Crippen LogP contribution in [0.2, 0.25) is 4.34 Å². The lowest BCUT2D eigenvalue weighted by Crippen LogP contribution is -1.85. The fraction of sp³-hybridized carbons (Fsp3) is 0.500. The standard InChI is InChI=1S/C8H9ClN2S/c1-2-3-7-11-6(4-5-10)8(9)12-7/h2-4H2,1H3. The Bertz CT molecular complexity index is 300. The van der Waals surface area contributed by atoms with Crippen LogP contribution in [0.15, 0.2) is 0 Å². The first kappa shape index (κ1) is 9.50. The lowest BCUT2D eigenvalue weighted by molar-refractivity contribution is 0.899. The van der Waals surface area contributed by atoms with Gasteiger partial charge < -0.3 is 0 Å². The molecule has 0 aliphatic heterocycles. The van der Waals surface area contributed by atoms with Crippen LogP contribution in [-0.4, -0.2) is 4.98 Å². The molecule has 4 heteroatoms. The molecule has 0 aliphatic carbocycles. The molecule has 0 aliphatic rings. The molecule has 64 valence electrons. The second-order valence-corrected chi connectivity index (χ2v) is 4.10. The van der Waals surface area contributed by atoms with Crippen molar-refractivity contribution in [2.45, 2.75) is 26.2 Å². The summed E-state index contributed by atoms with van der Waals surface area (Å²) in [6, 6.07) is 2.04. The lowest BCUT2D eigenvalue weighted by atomic mass is 10.3. The van der Waals surface area contributed by atoms with Crippen LogP contribution >= 0.6 is 22.9 Å². The van der Waals surface area contributed by atoms with Crippen molar-refractivity contribution in [2.75, 3.05) is 0 Å². The molecule has 0 saturated heterocycles. The molecule has 2 nitrogen and oxygen atoms in total. The number of halogens is 1. The fourth-order valence-electron chi connectivity index (χ4n) is 0.884. The second-order valence-electron chi connectivity index (χ2n) is 2.41. The van der Waals surface area contributed by atoms with Gasteiger partial charge >= 0.3 is 0 Å². The normalized spacial score (nSPS) is 9.75. The fourth-order valence-corrected chi connectivity index (χ4v) is 2.17. The van der Waals surface area contributed by atoms with Gasteiger partial charge in [-0.3, -0.25) is 0 Å². The van der Waals surface area contributed by atoms with Gasteiger partial charge in [-0.05, 0) is 12.8 Å². The van der Waals surface area contributed by atoms with Gasteiger partial charge in [0.1, 0.15) is 4.34 Å². The Morgan fingerprint density at radius 1 is 1.67 bits per heavy atom. The number of nitriles is 1. The van der Waals surface area contributed by atoms with Crippen LogP contribution in [-0.2, 0) is 12.8 Å². The van der Waals surface area contributed by atoms with E-state index in [9.17, 15) is 0 Å². The average molecular weight is 201 g/mol. The van der Waals surface area contributed by atoms with Gasteiger partial charge in [0, 0.05) is 0 Å². The van der Waals surface area contributed by atoms with E-state index in [1.807, 2.05) is 6.07 Å². The summed E-state index contributed by atoms with van der Waals surface area (Å²) >= 11 is 7.35. The SMILES string of the molecule is CCCc1nc(CC#N)c(Cl)s1. The van der Waals surface area contributed by atoms with E-state index in [1.165, 1.54) is 11.3 Å². The van der Waals surface area contributed by atoms with Crippen molar-refractivity contribution in [1.29, 1.82) is 5.26 Å². The Morgan fingerprint density at radius 2 is 2.42 bits per heavy atom. The predicted molar refractivity (Wildman–Crippen MR) is 50.4 cm³/mol. The number of aryl methyl sites for hydroxylation is 1. The quantitative estimate of drug-likeness (QED) is 0.753. The van der Waals surface area contributed by atoms with Crippen molar-refractivity contribution < 1.29 is 0 Å². The third-order valence-electron chi connectivity index (χ3n) is 1.40. The molecule has 0 unspecified atom stereocenters. The molecule has 1 rings (SSSR count). The summed E-state index contributed by atoms with van der Waals surface area (Å²) in [5.41, 5.74) is 0.729. The minimum atomic E-state index is 0.318. The van der Waals surface area contributed by atoms with Crippen LogP contribution in [0.1, 0.15) is 24.0 Å². The van der Waals surface area contributed by atoms with Gasteiger partial charge in [0.15, 0.2) is 0 Å². The van der Waals surface area contributed by atoms with Crippen LogP contribution in [0.5, 0.6) is 0 Å². The molecular formula is C8H9ClN2S. The Hall–Kier alpha value is -0.590. The molecule has 0 spiro atoms. The van der Waals surface area contributed by atoms with E-state index < -0.39 is 0 Å². The summed E-state index contributed by atoms with van der Waals surface area (Å²) in [5, 5.41) is 9.47. The summed E-state index contributed by atoms with van der Waals surface area (Å²) in [7, 11) is 0.